The van der Waals surface area contributed by atoms with Gasteiger partial charge in [-0.1, -0.05) is 39.1 Å². The van der Waals surface area contributed by atoms with E-state index in [4.69, 9.17) is 23.2 Å². The van der Waals surface area contributed by atoms with Gasteiger partial charge in [0, 0.05) is 5.02 Å². The van der Waals surface area contributed by atoms with Gasteiger partial charge in [0.15, 0.2) is 0 Å². The summed E-state index contributed by atoms with van der Waals surface area (Å²) in [6.07, 6.45) is 0. The Bertz CT molecular complexity index is 330. The van der Waals surface area contributed by atoms with E-state index in [2.05, 4.69) is 21.2 Å². The van der Waals surface area contributed by atoms with Gasteiger partial charge >= 0.3 is 0 Å². The van der Waals surface area contributed by atoms with E-state index in [9.17, 15) is 4.79 Å². The van der Waals surface area contributed by atoms with Crippen molar-refractivity contribution in [1.29, 1.82) is 0 Å². The van der Waals surface area contributed by atoms with Gasteiger partial charge in [0.2, 0.25) is 5.91 Å². The first-order valence-electron chi connectivity index (χ1n) is 3.44. The van der Waals surface area contributed by atoms with Crippen LogP contribution in [0.25, 0.3) is 0 Å². The molecule has 0 aliphatic carbocycles. The van der Waals surface area contributed by atoms with Crippen LogP contribution in [0.2, 0.25) is 10.0 Å². The van der Waals surface area contributed by atoms with Crippen molar-refractivity contribution in [3.63, 3.8) is 0 Å². The van der Waals surface area contributed by atoms with Gasteiger partial charge in [0.25, 0.3) is 0 Å². The van der Waals surface area contributed by atoms with Gasteiger partial charge in [-0.15, -0.1) is 0 Å². The molecule has 0 unspecified atom stereocenters. The highest BCUT2D eigenvalue weighted by Crippen LogP contribution is 2.25. The molecular formula is C8H6BrCl2NO. The molecule has 70 valence electrons. The van der Waals surface area contributed by atoms with E-state index in [1.807, 2.05) is 0 Å². The summed E-state index contributed by atoms with van der Waals surface area (Å²) in [6, 6.07) is 4.89. The van der Waals surface area contributed by atoms with Crippen LogP contribution in [-0.2, 0) is 4.79 Å². The predicted octanol–water partition coefficient (Wildman–Crippen LogP) is 3.33. The Morgan fingerprint density at radius 1 is 1.46 bits per heavy atom. The summed E-state index contributed by atoms with van der Waals surface area (Å²) in [4.78, 5) is 11.0. The van der Waals surface area contributed by atoms with Gasteiger partial charge < -0.3 is 5.32 Å². The predicted molar refractivity (Wildman–Crippen MR) is 58.9 cm³/mol. The minimum absolute atomic E-state index is 0.163. The van der Waals surface area contributed by atoms with Crippen LogP contribution < -0.4 is 5.32 Å². The zero-order chi connectivity index (χ0) is 9.84. The van der Waals surface area contributed by atoms with Crippen molar-refractivity contribution in [3.05, 3.63) is 28.2 Å². The lowest BCUT2D eigenvalue weighted by molar-refractivity contribution is -0.113. The molecule has 0 aliphatic rings. The third kappa shape index (κ3) is 3.18. The number of hydrogen-bond donors (Lipinski definition) is 1. The molecule has 0 radical (unpaired) electrons. The quantitative estimate of drug-likeness (QED) is 0.829. The Balaban J connectivity index is 2.87. The topological polar surface area (TPSA) is 29.1 Å². The van der Waals surface area contributed by atoms with Crippen molar-refractivity contribution < 1.29 is 4.79 Å². The standard InChI is InChI=1S/C8H6BrCl2NO/c9-4-8(13)12-7-3-5(10)1-2-6(7)11/h1-3H,4H2,(H,12,13). The van der Waals surface area contributed by atoms with Crippen LogP contribution in [-0.4, -0.2) is 11.2 Å². The molecular weight excluding hydrogens is 277 g/mol. The molecule has 0 atom stereocenters. The molecule has 2 nitrogen and oxygen atoms in total. The fraction of sp³-hybridized carbons (Fsp3) is 0.125. The van der Waals surface area contributed by atoms with E-state index in [1.54, 1.807) is 18.2 Å². The van der Waals surface area contributed by atoms with E-state index >= 15 is 0 Å². The van der Waals surface area contributed by atoms with Gasteiger partial charge in [-0.05, 0) is 18.2 Å². The SMILES string of the molecule is O=C(CBr)Nc1cc(Cl)ccc1Cl. The second-order valence-electron chi connectivity index (χ2n) is 2.31. The fourth-order valence-electron chi connectivity index (χ4n) is 0.777. The van der Waals surface area contributed by atoms with Crippen molar-refractivity contribution >= 4 is 50.7 Å². The maximum atomic E-state index is 11.0. The second kappa shape index (κ2) is 4.84. The summed E-state index contributed by atoms with van der Waals surface area (Å²) in [5.41, 5.74) is 0.526. The number of amides is 1. The fourth-order valence-corrected chi connectivity index (χ4v) is 1.25. The van der Waals surface area contributed by atoms with Crippen molar-refractivity contribution in [1.82, 2.24) is 0 Å². The normalized spacial score (nSPS) is 9.77. The zero-order valence-corrected chi connectivity index (χ0v) is 9.58. The maximum Gasteiger partial charge on any atom is 0.235 e. The first-order valence-corrected chi connectivity index (χ1v) is 5.32. The molecule has 1 rings (SSSR count). The third-order valence-corrected chi connectivity index (χ3v) is 2.40. The zero-order valence-electron chi connectivity index (χ0n) is 6.48. The molecule has 0 bridgehead atoms. The van der Waals surface area contributed by atoms with Crippen LogP contribution in [0.15, 0.2) is 18.2 Å². The van der Waals surface area contributed by atoms with Gasteiger partial charge in [0.05, 0.1) is 16.0 Å². The highest BCUT2D eigenvalue weighted by Gasteiger charge is 2.04. The van der Waals surface area contributed by atoms with Crippen LogP contribution in [0.3, 0.4) is 0 Å². The Morgan fingerprint density at radius 2 is 2.15 bits per heavy atom. The van der Waals surface area contributed by atoms with Gasteiger partial charge in [-0.25, -0.2) is 0 Å². The molecule has 1 amide bonds. The lowest BCUT2D eigenvalue weighted by Crippen LogP contribution is -2.12. The number of rotatable bonds is 2. The van der Waals surface area contributed by atoms with Crippen LogP contribution in [0.5, 0.6) is 0 Å². The first-order chi connectivity index (χ1) is 6.13. The van der Waals surface area contributed by atoms with Crippen molar-refractivity contribution in [2.45, 2.75) is 0 Å². The lowest BCUT2D eigenvalue weighted by atomic mass is 10.3. The third-order valence-electron chi connectivity index (χ3n) is 1.32. The largest absolute Gasteiger partial charge is 0.324 e. The van der Waals surface area contributed by atoms with Crippen LogP contribution >= 0.6 is 39.1 Å². The molecule has 0 spiro atoms. The van der Waals surface area contributed by atoms with Crippen LogP contribution in [0, 0.1) is 0 Å². The summed E-state index contributed by atoms with van der Waals surface area (Å²) in [5.74, 6) is -0.163. The van der Waals surface area contributed by atoms with Crippen molar-refractivity contribution in [2.24, 2.45) is 0 Å². The molecule has 0 fully saturated rings. The number of halogens is 3. The number of anilines is 1. The van der Waals surface area contributed by atoms with Gasteiger partial charge in [-0.2, -0.15) is 0 Å². The summed E-state index contributed by atoms with van der Waals surface area (Å²) in [7, 11) is 0. The summed E-state index contributed by atoms with van der Waals surface area (Å²) in [5, 5.41) is 3.84. The average Bonchev–Trinajstić information content (AvgIpc) is 2.11. The van der Waals surface area contributed by atoms with Crippen molar-refractivity contribution in [3.8, 4) is 0 Å². The second-order valence-corrected chi connectivity index (χ2v) is 3.71. The molecule has 1 aromatic rings. The minimum Gasteiger partial charge on any atom is -0.324 e. The summed E-state index contributed by atoms with van der Waals surface area (Å²) in [6.45, 7) is 0. The molecule has 0 aromatic heterocycles. The maximum absolute atomic E-state index is 11.0. The van der Waals surface area contributed by atoms with Gasteiger partial charge in [0.1, 0.15) is 0 Å². The van der Waals surface area contributed by atoms with Crippen molar-refractivity contribution in [2.75, 3.05) is 10.6 Å². The van der Waals surface area contributed by atoms with E-state index in [0.717, 1.165) is 0 Å². The molecule has 1 aromatic carbocycles. The Hall–Kier alpha value is -0.250. The first kappa shape index (κ1) is 10.8. The molecule has 13 heavy (non-hydrogen) atoms. The molecule has 0 saturated heterocycles. The number of benzene rings is 1. The highest BCUT2D eigenvalue weighted by atomic mass is 79.9. The highest BCUT2D eigenvalue weighted by molar-refractivity contribution is 9.09. The molecule has 5 heteroatoms. The van der Waals surface area contributed by atoms with Crippen LogP contribution in [0.1, 0.15) is 0 Å². The number of hydrogen-bond acceptors (Lipinski definition) is 1. The average molecular weight is 283 g/mol. The molecule has 0 aliphatic heterocycles. The number of carbonyl (C=O) groups is 1. The monoisotopic (exact) mass is 281 g/mol. The molecule has 1 N–H and O–H groups in total. The number of alkyl halides is 1. The van der Waals surface area contributed by atoms with E-state index in [-0.39, 0.29) is 11.2 Å². The Morgan fingerprint density at radius 3 is 2.77 bits per heavy atom. The number of nitrogens with one attached hydrogen (secondary N) is 1. The summed E-state index contributed by atoms with van der Waals surface area (Å²) < 4.78 is 0. The lowest BCUT2D eigenvalue weighted by Gasteiger charge is -2.05. The molecule has 0 heterocycles. The Kier molecular flexibility index (Phi) is 4.03. The number of carbonyl (C=O) groups excluding carboxylic acids is 1. The van der Waals surface area contributed by atoms with Gasteiger partial charge in [-0.3, -0.25) is 4.79 Å². The van der Waals surface area contributed by atoms with Crippen LogP contribution in [0.4, 0.5) is 5.69 Å². The molecule has 0 saturated carbocycles. The smallest absolute Gasteiger partial charge is 0.235 e. The summed E-state index contributed by atoms with van der Waals surface area (Å²) >= 11 is 14.6. The Labute approximate surface area is 94.3 Å². The van der Waals surface area contributed by atoms with E-state index < -0.39 is 0 Å². The van der Waals surface area contributed by atoms with E-state index in [0.29, 0.717) is 15.7 Å². The minimum atomic E-state index is -0.163. The van der Waals surface area contributed by atoms with E-state index in [1.165, 1.54) is 0 Å².